The molecule has 1 unspecified atom stereocenters. The fourth-order valence-corrected chi connectivity index (χ4v) is 4.94. The van der Waals surface area contributed by atoms with Crippen molar-refractivity contribution in [2.45, 2.75) is 43.8 Å². The summed E-state index contributed by atoms with van der Waals surface area (Å²) in [4.78, 5) is 2.73. The first-order chi connectivity index (χ1) is 12.3. The van der Waals surface area contributed by atoms with Crippen LogP contribution in [-0.4, -0.2) is 31.1 Å². The lowest BCUT2D eigenvalue weighted by Gasteiger charge is -2.49. The lowest BCUT2D eigenvalue weighted by atomic mass is 9.76. The van der Waals surface area contributed by atoms with Crippen LogP contribution in [0.4, 0.5) is 0 Å². The summed E-state index contributed by atoms with van der Waals surface area (Å²) >= 11 is 0. The summed E-state index contributed by atoms with van der Waals surface area (Å²) in [7, 11) is 1.75. The summed E-state index contributed by atoms with van der Waals surface area (Å²) in [5.74, 6) is 0.975. The second kappa shape index (κ2) is 7.19. The van der Waals surface area contributed by atoms with E-state index in [0.29, 0.717) is 6.04 Å². The summed E-state index contributed by atoms with van der Waals surface area (Å²) in [6.45, 7) is 3.31. The number of ether oxygens (including phenoxy) is 1. The zero-order valence-corrected chi connectivity index (χ0v) is 15.1. The Bertz CT molecular complexity index is 702. The third-order valence-electron chi connectivity index (χ3n) is 6.05. The predicted molar refractivity (Wildman–Crippen MR) is 102 cm³/mol. The standard InChI is InChI=1S/C22H28N2O/c1-25-20-12-6-5-9-18(20)17-23-21-13-7-15-24-16-8-14-22(21,24)19-10-3-2-4-11-19/h2-6,9-12,21,23H,7-8,13-17H2,1H3/t21?,22-/m0/s1. The Balaban J connectivity index is 1.61. The van der Waals surface area contributed by atoms with Gasteiger partial charge in [-0.05, 0) is 50.4 Å². The first-order valence-electron chi connectivity index (χ1n) is 9.50. The van der Waals surface area contributed by atoms with Gasteiger partial charge in [0, 0.05) is 18.2 Å². The molecule has 2 heterocycles. The maximum Gasteiger partial charge on any atom is 0.123 e. The van der Waals surface area contributed by atoms with Crippen LogP contribution in [-0.2, 0) is 12.1 Å². The van der Waals surface area contributed by atoms with Crippen molar-refractivity contribution < 1.29 is 4.74 Å². The van der Waals surface area contributed by atoms with Crippen molar-refractivity contribution in [1.29, 1.82) is 0 Å². The number of methoxy groups -OCH3 is 1. The Morgan fingerprint density at radius 3 is 2.64 bits per heavy atom. The van der Waals surface area contributed by atoms with E-state index >= 15 is 0 Å². The molecule has 25 heavy (non-hydrogen) atoms. The predicted octanol–water partition coefficient (Wildman–Crippen LogP) is 3.94. The number of para-hydroxylation sites is 1. The van der Waals surface area contributed by atoms with E-state index in [9.17, 15) is 0 Å². The van der Waals surface area contributed by atoms with Gasteiger partial charge in [0.2, 0.25) is 0 Å². The van der Waals surface area contributed by atoms with Crippen molar-refractivity contribution in [1.82, 2.24) is 10.2 Å². The van der Waals surface area contributed by atoms with Gasteiger partial charge in [-0.3, -0.25) is 4.90 Å². The van der Waals surface area contributed by atoms with Crippen LogP contribution in [0.2, 0.25) is 0 Å². The van der Waals surface area contributed by atoms with Gasteiger partial charge in [0.05, 0.1) is 12.6 Å². The van der Waals surface area contributed by atoms with Gasteiger partial charge in [-0.2, -0.15) is 0 Å². The van der Waals surface area contributed by atoms with Crippen LogP contribution in [0.1, 0.15) is 36.8 Å². The Hall–Kier alpha value is -1.84. The Morgan fingerprint density at radius 2 is 1.80 bits per heavy atom. The lowest BCUT2D eigenvalue weighted by Crippen LogP contribution is -2.58. The molecule has 0 aromatic heterocycles. The van der Waals surface area contributed by atoms with Crippen molar-refractivity contribution in [3.63, 3.8) is 0 Å². The highest BCUT2D eigenvalue weighted by Crippen LogP contribution is 2.45. The molecule has 2 aliphatic heterocycles. The van der Waals surface area contributed by atoms with E-state index < -0.39 is 0 Å². The largest absolute Gasteiger partial charge is 0.496 e. The molecule has 2 aliphatic rings. The van der Waals surface area contributed by atoms with Crippen LogP contribution in [0, 0.1) is 0 Å². The molecule has 2 fully saturated rings. The molecular weight excluding hydrogens is 308 g/mol. The number of piperidine rings is 1. The van der Waals surface area contributed by atoms with Crippen LogP contribution in [0.25, 0.3) is 0 Å². The van der Waals surface area contributed by atoms with Crippen molar-refractivity contribution in [2.75, 3.05) is 20.2 Å². The molecule has 0 spiro atoms. The number of nitrogens with one attached hydrogen (secondary N) is 1. The molecule has 3 heteroatoms. The number of fused-ring (bicyclic) bond motifs is 1. The average Bonchev–Trinajstić information content (AvgIpc) is 3.13. The number of nitrogens with zero attached hydrogens (tertiary/aromatic N) is 1. The maximum absolute atomic E-state index is 5.53. The van der Waals surface area contributed by atoms with Crippen LogP contribution < -0.4 is 10.1 Å². The molecule has 1 N–H and O–H groups in total. The second-order valence-corrected chi connectivity index (χ2v) is 7.27. The monoisotopic (exact) mass is 336 g/mol. The smallest absolute Gasteiger partial charge is 0.123 e. The van der Waals surface area contributed by atoms with Crippen molar-refractivity contribution in [3.05, 3.63) is 65.7 Å². The number of benzene rings is 2. The van der Waals surface area contributed by atoms with Crippen molar-refractivity contribution in [3.8, 4) is 5.75 Å². The molecule has 0 bridgehead atoms. The van der Waals surface area contributed by atoms with Gasteiger partial charge in [-0.25, -0.2) is 0 Å². The molecule has 0 saturated carbocycles. The minimum absolute atomic E-state index is 0.154. The summed E-state index contributed by atoms with van der Waals surface area (Å²) in [6, 6.07) is 20.0. The molecule has 3 nitrogen and oxygen atoms in total. The minimum Gasteiger partial charge on any atom is -0.496 e. The number of hydrogen-bond donors (Lipinski definition) is 1. The highest BCUT2D eigenvalue weighted by molar-refractivity contribution is 5.34. The fraction of sp³-hybridized carbons (Fsp3) is 0.455. The van der Waals surface area contributed by atoms with Gasteiger partial charge in [-0.15, -0.1) is 0 Å². The molecule has 2 atom stereocenters. The van der Waals surface area contributed by atoms with E-state index in [1.165, 1.54) is 49.9 Å². The average molecular weight is 336 g/mol. The SMILES string of the molecule is COc1ccccc1CNC1CCCN2CCC[C@]12c1ccccc1. The van der Waals surface area contributed by atoms with E-state index in [1.54, 1.807) is 7.11 Å². The van der Waals surface area contributed by atoms with E-state index in [2.05, 4.69) is 52.7 Å². The summed E-state index contributed by atoms with van der Waals surface area (Å²) in [6.07, 6.45) is 5.06. The van der Waals surface area contributed by atoms with Gasteiger partial charge in [0.15, 0.2) is 0 Å². The van der Waals surface area contributed by atoms with Crippen LogP contribution in [0.5, 0.6) is 5.75 Å². The summed E-state index contributed by atoms with van der Waals surface area (Å²) < 4.78 is 5.53. The Labute approximate surface area is 151 Å². The second-order valence-electron chi connectivity index (χ2n) is 7.27. The van der Waals surface area contributed by atoms with E-state index in [1.807, 2.05) is 12.1 Å². The van der Waals surface area contributed by atoms with Gasteiger partial charge in [-0.1, -0.05) is 48.5 Å². The highest BCUT2D eigenvalue weighted by Gasteiger charge is 2.49. The highest BCUT2D eigenvalue weighted by atomic mass is 16.5. The maximum atomic E-state index is 5.53. The molecular formula is C22H28N2O. The third kappa shape index (κ3) is 2.96. The Kier molecular flexibility index (Phi) is 4.78. The topological polar surface area (TPSA) is 24.5 Å². The van der Waals surface area contributed by atoms with Gasteiger partial charge < -0.3 is 10.1 Å². The van der Waals surface area contributed by atoms with E-state index in [4.69, 9.17) is 4.74 Å². The fourth-order valence-electron chi connectivity index (χ4n) is 4.94. The van der Waals surface area contributed by atoms with Crippen LogP contribution in [0.3, 0.4) is 0 Å². The van der Waals surface area contributed by atoms with Crippen molar-refractivity contribution in [2.24, 2.45) is 0 Å². The molecule has 0 amide bonds. The van der Waals surface area contributed by atoms with E-state index in [0.717, 1.165) is 12.3 Å². The van der Waals surface area contributed by atoms with Gasteiger partial charge >= 0.3 is 0 Å². The molecule has 2 saturated heterocycles. The quantitative estimate of drug-likeness (QED) is 0.895. The lowest BCUT2D eigenvalue weighted by molar-refractivity contribution is 0.0482. The zero-order chi connectivity index (χ0) is 17.1. The molecule has 4 rings (SSSR count). The number of hydrogen-bond acceptors (Lipinski definition) is 3. The van der Waals surface area contributed by atoms with E-state index in [-0.39, 0.29) is 5.54 Å². The molecule has 132 valence electrons. The van der Waals surface area contributed by atoms with Crippen LogP contribution in [0.15, 0.2) is 54.6 Å². The first kappa shape index (κ1) is 16.6. The normalized spacial score (nSPS) is 26.4. The summed E-state index contributed by atoms with van der Waals surface area (Å²) in [5.41, 5.74) is 2.87. The van der Waals surface area contributed by atoms with Crippen molar-refractivity contribution >= 4 is 0 Å². The molecule has 2 aromatic carbocycles. The van der Waals surface area contributed by atoms with Gasteiger partial charge in [0.1, 0.15) is 5.75 Å². The zero-order valence-electron chi connectivity index (χ0n) is 15.1. The van der Waals surface area contributed by atoms with Gasteiger partial charge in [0.25, 0.3) is 0 Å². The third-order valence-corrected chi connectivity index (χ3v) is 6.05. The number of rotatable bonds is 5. The minimum atomic E-state index is 0.154. The Morgan fingerprint density at radius 1 is 1.04 bits per heavy atom. The molecule has 0 aliphatic carbocycles. The molecule has 0 radical (unpaired) electrons. The summed E-state index contributed by atoms with van der Waals surface area (Å²) in [5, 5.41) is 3.90. The first-order valence-corrected chi connectivity index (χ1v) is 9.50. The van der Waals surface area contributed by atoms with Crippen LogP contribution >= 0.6 is 0 Å². The molecule has 2 aromatic rings.